The van der Waals surface area contributed by atoms with E-state index in [0.717, 1.165) is 36.3 Å². The number of carbonyl (C=O) groups excluding carboxylic acids is 2. The minimum atomic E-state index is -0.0334. The number of likely N-dealkylation sites (tertiary alicyclic amines) is 1. The average Bonchev–Trinajstić information content (AvgIpc) is 3.09. The molecule has 0 radical (unpaired) electrons. The van der Waals surface area contributed by atoms with Crippen LogP contribution < -0.4 is 5.32 Å². The lowest BCUT2D eigenvalue weighted by Crippen LogP contribution is -2.62. The fourth-order valence-corrected chi connectivity index (χ4v) is 4.98. The lowest BCUT2D eigenvalue weighted by molar-refractivity contribution is -0.147. The van der Waals surface area contributed by atoms with Crippen molar-refractivity contribution in [3.63, 3.8) is 0 Å². The highest BCUT2D eigenvalue weighted by Crippen LogP contribution is 2.55. The molecule has 4 rings (SSSR count). The van der Waals surface area contributed by atoms with Gasteiger partial charge in [-0.1, -0.05) is 29.8 Å². The van der Waals surface area contributed by atoms with E-state index in [1.807, 2.05) is 4.90 Å². The van der Waals surface area contributed by atoms with Gasteiger partial charge in [0, 0.05) is 24.9 Å². The van der Waals surface area contributed by atoms with Gasteiger partial charge in [0.2, 0.25) is 11.8 Å². The molecule has 1 aromatic rings. The van der Waals surface area contributed by atoms with Crippen molar-refractivity contribution in [3.8, 4) is 0 Å². The second-order valence-corrected chi connectivity index (χ2v) is 7.80. The largest absolute Gasteiger partial charge is 0.347 e. The molecule has 2 saturated carbocycles. The Kier molecular flexibility index (Phi) is 4.07. The first-order chi connectivity index (χ1) is 11.6. The van der Waals surface area contributed by atoms with E-state index >= 15 is 0 Å². The summed E-state index contributed by atoms with van der Waals surface area (Å²) in [7, 11) is 0. The summed E-state index contributed by atoms with van der Waals surface area (Å²) in [6.45, 7) is 3.13. The van der Waals surface area contributed by atoms with Gasteiger partial charge >= 0.3 is 0 Å². The molecule has 24 heavy (non-hydrogen) atoms. The van der Waals surface area contributed by atoms with E-state index in [-0.39, 0.29) is 18.4 Å². The molecule has 0 aromatic heterocycles. The van der Waals surface area contributed by atoms with Crippen LogP contribution in [-0.4, -0.2) is 35.8 Å². The van der Waals surface area contributed by atoms with Gasteiger partial charge in [-0.05, 0) is 50.0 Å². The van der Waals surface area contributed by atoms with Crippen molar-refractivity contribution in [2.24, 2.45) is 17.8 Å². The minimum absolute atomic E-state index is 0.0334. The van der Waals surface area contributed by atoms with Crippen molar-refractivity contribution in [1.29, 1.82) is 0 Å². The molecule has 2 bridgehead atoms. The van der Waals surface area contributed by atoms with E-state index < -0.39 is 0 Å². The van der Waals surface area contributed by atoms with E-state index in [1.54, 1.807) is 0 Å². The molecule has 1 aliphatic heterocycles. The number of nitrogens with zero attached hydrogens (tertiary/aromatic N) is 1. The lowest BCUT2D eigenvalue weighted by Gasteiger charge is -2.50. The topological polar surface area (TPSA) is 49.4 Å². The first-order valence-corrected chi connectivity index (χ1v) is 9.23. The van der Waals surface area contributed by atoms with Crippen molar-refractivity contribution >= 4 is 11.8 Å². The Labute approximate surface area is 143 Å². The molecule has 0 spiro atoms. The molecule has 2 aliphatic carbocycles. The maximum absolute atomic E-state index is 12.4. The first kappa shape index (κ1) is 15.7. The standard InChI is InChI=1S/C20H26N2O2/c1-13-2-4-14(5-3-13)6-9-18(23)21-11-19(24)22-12-17-15-7-8-16(10-15)20(17)22/h2-5,15-17,20H,6-12H2,1H3,(H,21,23)/t15-,16-,17+,20+/m0/s1. The molecule has 3 aliphatic rings. The molecule has 0 unspecified atom stereocenters. The number of amides is 2. The zero-order chi connectivity index (χ0) is 16.7. The smallest absolute Gasteiger partial charge is 0.242 e. The van der Waals surface area contributed by atoms with E-state index in [9.17, 15) is 9.59 Å². The lowest BCUT2D eigenvalue weighted by atomic mass is 9.77. The zero-order valence-corrected chi connectivity index (χ0v) is 14.3. The van der Waals surface area contributed by atoms with Crippen molar-refractivity contribution in [3.05, 3.63) is 35.4 Å². The van der Waals surface area contributed by atoms with Gasteiger partial charge in [0.05, 0.1) is 6.54 Å². The highest BCUT2D eigenvalue weighted by molar-refractivity contribution is 5.85. The summed E-state index contributed by atoms with van der Waals surface area (Å²) in [4.78, 5) is 26.4. The third-order valence-corrected chi connectivity index (χ3v) is 6.33. The second-order valence-electron chi connectivity index (χ2n) is 7.80. The number of rotatable bonds is 5. The van der Waals surface area contributed by atoms with Crippen molar-refractivity contribution < 1.29 is 9.59 Å². The van der Waals surface area contributed by atoms with Crippen LogP contribution >= 0.6 is 0 Å². The molecule has 4 heteroatoms. The zero-order valence-electron chi connectivity index (χ0n) is 14.3. The summed E-state index contributed by atoms with van der Waals surface area (Å²) in [5.74, 6) is 2.43. The number of hydrogen-bond donors (Lipinski definition) is 1. The van der Waals surface area contributed by atoms with Crippen LogP contribution in [0.3, 0.4) is 0 Å². The predicted molar refractivity (Wildman–Crippen MR) is 92.3 cm³/mol. The number of hydrogen-bond acceptors (Lipinski definition) is 2. The molecule has 1 heterocycles. The number of aryl methyl sites for hydroxylation is 2. The average molecular weight is 326 g/mol. The molecular weight excluding hydrogens is 300 g/mol. The second kappa shape index (κ2) is 6.23. The third-order valence-electron chi connectivity index (χ3n) is 6.33. The molecule has 1 N–H and O–H groups in total. The third kappa shape index (κ3) is 2.83. The van der Waals surface area contributed by atoms with Crippen LogP contribution in [-0.2, 0) is 16.0 Å². The molecule has 2 amide bonds. The summed E-state index contributed by atoms with van der Waals surface area (Å²) in [6, 6.07) is 8.73. The quantitative estimate of drug-likeness (QED) is 0.902. The monoisotopic (exact) mass is 326 g/mol. The van der Waals surface area contributed by atoms with E-state index in [4.69, 9.17) is 0 Å². The maximum Gasteiger partial charge on any atom is 0.242 e. The van der Waals surface area contributed by atoms with Gasteiger partial charge in [0.25, 0.3) is 0 Å². The molecular formula is C20H26N2O2. The van der Waals surface area contributed by atoms with Crippen LogP contribution in [0.15, 0.2) is 24.3 Å². The van der Waals surface area contributed by atoms with Gasteiger partial charge < -0.3 is 10.2 Å². The Morgan fingerprint density at radius 3 is 2.67 bits per heavy atom. The summed E-state index contributed by atoms with van der Waals surface area (Å²) in [6.07, 6.45) is 5.13. The van der Waals surface area contributed by atoms with Crippen LogP contribution in [0, 0.1) is 24.7 Å². The van der Waals surface area contributed by atoms with E-state index in [2.05, 4.69) is 36.5 Å². The normalized spacial score (nSPS) is 30.0. The summed E-state index contributed by atoms with van der Waals surface area (Å²) in [5, 5.41) is 2.81. The minimum Gasteiger partial charge on any atom is -0.347 e. The molecule has 128 valence electrons. The Morgan fingerprint density at radius 1 is 1.17 bits per heavy atom. The number of nitrogens with one attached hydrogen (secondary N) is 1. The van der Waals surface area contributed by atoms with Gasteiger partial charge in [-0.3, -0.25) is 9.59 Å². The van der Waals surface area contributed by atoms with Gasteiger partial charge in [0.15, 0.2) is 0 Å². The number of benzene rings is 1. The Morgan fingerprint density at radius 2 is 1.92 bits per heavy atom. The molecule has 4 atom stereocenters. The summed E-state index contributed by atoms with van der Waals surface area (Å²) < 4.78 is 0. The molecule has 3 fully saturated rings. The number of carbonyl (C=O) groups is 2. The first-order valence-electron chi connectivity index (χ1n) is 9.23. The highest BCUT2D eigenvalue weighted by atomic mass is 16.2. The van der Waals surface area contributed by atoms with Crippen molar-refractivity contribution in [2.45, 2.75) is 45.1 Å². The molecule has 4 nitrogen and oxygen atoms in total. The van der Waals surface area contributed by atoms with E-state index in [0.29, 0.717) is 12.5 Å². The van der Waals surface area contributed by atoms with Crippen LogP contribution in [0.2, 0.25) is 0 Å². The van der Waals surface area contributed by atoms with Crippen LogP contribution in [0.1, 0.15) is 36.8 Å². The molecule has 1 saturated heterocycles. The Bertz CT molecular complexity index is 638. The van der Waals surface area contributed by atoms with Crippen LogP contribution in [0.5, 0.6) is 0 Å². The van der Waals surface area contributed by atoms with Crippen LogP contribution in [0.4, 0.5) is 0 Å². The predicted octanol–water partition coefficient (Wildman–Crippen LogP) is 2.30. The fraction of sp³-hybridized carbons (Fsp3) is 0.600. The van der Waals surface area contributed by atoms with Gasteiger partial charge in [0.1, 0.15) is 0 Å². The maximum atomic E-state index is 12.4. The fourth-order valence-electron chi connectivity index (χ4n) is 4.98. The SMILES string of the molecule is Cc1ccc(CCC(=O)NCC(=O)N2C[C@@H]3[C@H]4CC[C@@H](C4)[C@H]32)cc1. The van der Waals surface area contributed by atoms with Crippen LogP contribution in [0.25, 0.3) is 0 Å². The molecule has 1 aromatic carbocycles. The Balaban J connectivity index is 1.20. The number of fused-ring (bicyclic) bond motifs is 5. The summed E-state index contributed by atoms with van der Waals surface area (Å²) >= 11 is 0. The van der Waals surface area contributed by atoms with E-state index in [1.165, 1.54) is 24.8 Å². The van der Waals surface area contributed by atoms with Gasteiger partial charge in [-0.2, -0.15) is 0 Å². The van der Waals surface area contributed by atoms with Gasteiger partial charge in [-0.25, -0.2) is 0 Å². The van der Waals surface area contributed by atoms with Gasteiger partial charge in [-0.15, -0.1) is 0 Å². The highest BCUT2D eigenvalue weighted by Gasteiger charge is 2.57. The Hall–Kier alpha value is -1.84. The van der Waals surface area contributed by atoms with Crippen molar-refractivity contribution in [1.82, 2.24) is 10.2 Å². The van der Waals surface area contributed by atoms with Crippen molar-refractivity contribution in [2.75, 3.05) is 13.1 Å². The summed E-state index contributed by atoms with van der Waals surface area (Å²) in [5.41, 5.74) is 2.39.